The third-order valence-corrected chi connectivity index (χ3v) is 4.82. The smallest absolute Gasteiger partial charge is 0.0369 e. The summed E-state index contributed by atoms with van der Waals surface area (Å²) in [6.45, 7) is 7.22. The highest BCUT2D eigenvalue weighted by atomic mass is 15.2. The Kier molecular flexibility index (Phi) is 2.95. The van der Waals surface area contributed by atoms with Gasteiger partial charge in [-0.2, -0.15) is 0 Å². The van der Waals surface area contributed by atoms with Crippen molar-refractivity contribution in [2.24, 2.45) is 11.1 Å². The predicted molar refractivity (Wildman–Crippen MR) is 75.3 cm³/mol. The van der Waals surface area contributed by atoms with Crippen molar-refractivity contribution < 1.29 is 0 Å². The van der Waals surface area contributed by atoms with Crippen molar-refractivity contribution in [2.45, 2.75) is 45.2 Å². The number of benzene rings is 1. The van der Waals surface area contributed by atoms with E-state index in [1.54, 1.807) is 0 Å². The maximum Gasteiger partial charge on any atom is 0.0369 e. The minimum absolute atomic E-state index is 0.237. The van der Waals surface area contributed by atoms with Gasteiger partial charge in [0.15, 0.2) is 0 Å². The second-order valence-electron chi connectivity index (χ2n) is 6.69. The van der Waals surface area contributed by atoms with Crippen LogP contribution in [0.3, 0.4) is 0 Å². The Labute approximate surface area is 110 Å². The van der Waals surface area contributed by atoms with Gasteiger partial charge in [0.2, 0.25) is 0 Å². The molecule has 98 valence electrons. The van der Waals surface area contributed by atoms with Crippen LogP contribution < -0.4 is 5.73 Å². The number of likely N-dealkylation sites (tertiary alicyclic amines) is 1. The van der Waals surface area contributed by atoms with Crippen LogP contribution in [0.5, 0.6) is 0 Å². The summed E-state index contributed by atoms with van der Waals surface area (Å²) in [6, 6.07) is 9.53. The monoisotopic (exact) mass is 244 g/mol. The molecule has 1 aromatic rings. The Bertz CT molecular complexity index is 428. The summed E-state index contributed by atoms with van der Waals surface area (Å²) in [5.41, 5.74) is 9.64. The number of rotatable bonds is 1. The van der Waals surface area contributed by atoms with Gasteiger partial charge in [0, 0.05) is 12.1 Å². The molecule has 0 amide bonds. The van der Waals surface area contributed by atoms with Crippen LogP contribution in [0.2, 0.25) is 0 Å². The lowest BCUT2D eigenvalue weighted by Crippen LogP contribution is -2.39. The topological polar surface area (TPSA) is 29.3 Å². The van der Waals surface area contributed by atoms with E-state index in [0.29, 0.717) is 11.5 Å². The minimum Gasteiger partial charge on any atom is -0.324 e. The zero-order valence-electron chi connectivity index (χ0n) is 11.5. The molecule has 2 unspecified atom stereocenters. The molecule has 1 aliphatic heterocycles. The van der Waals surface area contributed by atoms with Gasteiger partial charge in [-0.15, -0.1) is 0 Å². The summed E-state index contributed by atoms with van der Waals surface area (Å²) >= 11 is 0. The van der Waals surface area contributed by atoms with Crippen LogP contribution in [0.15, 0.2) is 24.3 Å². The van der Waals surface area contributed by atoms with Crippen molar-refractivity contribution >= 4 is 0 Å². The van der Waals surface area contributed by atoms with E-state index in [1.165, 1.54) is 37.1 Å². The Balaban J connectivity index is 1.79. The fourth-order valence-electron chi connectivity index (χ4n) is 3.43. The third-order valence-electron chi connectivity index (χ3n) is 4.82. The van der Waals surface area contributed by atoms with Crippen LogP contribution >= 0.6 is 0 Å². The fourth-order valence-corrected chi connectivity index (χ4v) is 3.43. The summed E-state index contributed by atoms with van der Waals surface area (Å²) in [4.78, 5) is 2.65. The second kappa shape index (κ2) is 4.36. The second-order valence-corrected chi connectivity index (χ2v) is 6.69. The fraction of sp³-hybridized carbons (Fsp3) is 0.625. The molecule has 1 heterocycles. The first-order valence-corrected chi connectivity index (χ1v) is 7.15. The number of nitrogens with two attached hydrogens (primary N) is 1. The van der Waals surface area contributed by atoms with Gasteiger partial charge in [-0.3, -0.25) is 4.90 Å². The van der Waals surface area contributed by atoms with Crippen molar-refractivity contribution in [1.29, 1.82) is 0 Å². The molecule has 2 heteroatoms. The van der Waals surface area contributed by atoms with Crippen LogP contribution in [0.4, 0.5) is 0 Å². The highest BCUT2D eigenvalue weighted by Crippen LogP contribution is 2.43. The summed E-state index contributed by atoms with van der Waals surface area (Å²) in [6.07, 6.45) is 3.71. The standard InChI is InChI=1S/C16H24N2/c1-16(2)7-9-18(10-8-16)15-11-14(17)12-5-3-4-6-13(12)15/h3-6,14-15H,7-11,17H2,1-2H3. The third kappa shape index (κ3) is 2.08. The molecule has 3 rings (SSSR count). The van der Waals surface area contributed by atoms with E-state index in [0.717, 1.165) is 6.42 Å². The summed E-state index contributed by atoms with van der Waals surface area (Å²) in [5.74, 6) is 0. The van der Waals surface area contributed by atoms with Crippen LogP contribution in [0, 0.1) is 5.41 Å². The summed E-state index contributed by atoms with van der Waals surface area (Å²) in [5, 5.41) is 0. The SMILES string of the molecule is CC1(C)CCN(C2CC(N)c3ccccc32)CC1. The van der Waals surface area contributed by atoms with Crippen LogP contribution in [-0.4, -0.2) is 18.0 Å². The number of hydrogen-bond acceptors (Lipinski definition) is 2. The first kappa shape index (κ1) is 12.2. The molecule has 2 aliphatic rings. The van der Waals surface area contributed by atoms with Gasteiger partial charge in [-0.25, -0.2) is 0 Å². The molecular weight excluding hydrogens is 220 g/mol. The molecule has 1 aliphatic carbocycles. The lowest BCUT2D eigenvalue weighted by atomic mass is 9.82. The van der Waals surface area contributed by atoms with Crippen LogP contribution in [0.1, 0.15) is 56.3 Å². The van der Waals surface area contributed by atoms with Gasteiger partial charge in [0.25, 0.3) is 0 Å². The Morgan fingerprint density at radius 2 is 1.72 bits per heavy atom. The zero-order valence-corrected chi connectivity index (χ0v) is 11.5. The Morgan fingerprint density at radius 3 is 2.39 bits per heavy atom. The average molecular weight is 244 g/mol. The highest BCUT2D eigenvalue weighted by molar-refractivity contribution is 5.37. The van der Waals surface area contributed by atoms with E-state index in [9.17, 15) is 0 Å². The molecule has 0 spiro atoms. The molecule has 0 radical (unpaired) electrons. The van der Waals surface area contributed by atoms with Crippen LogP contribution in [0.25, 0.3) is 0 Å². The van der Waals surface area contributed by atoms with E-state index < -0.39 is 0 Å². The molecule has 0 saturated carbocycles. The van der Waals surface area contributed by atoms with E-state index >= 15 is 0 Å². The normalized spacial score (nSPS) is 31.3. The number of hydrogen-bond donors (Lipinski definition) is 1. The van der Waals surface area contributed by atoms with E-state index in [1.807, 2.05) is 0 Å². The lowest BCUT2D eigenvalue weighted by molar-refractivity contribution is 0.0918. The van der Waals surface area contributed by atoms with E-state index in [-0.39, 0.29) is 6.04 Å². The molecule has 2 N–H and O–H groups in total. The molecule has 0 bridgehead atoms. The minimum atomic E-state index is 0.237. The summed E-state index contributed by atoms with van der Waals surface area (Å²) in [7, 11) is 0. The molecule has 1 saturated heterocycles. The predicted octanol–water partition coefficient (Wildman–Crippen LogP) is 3.25. The molecule has 1 fully saturated rings. The van der Waals surface area contributed by atoms with Crippen molar-refractivity contribution in [1.82, 2.24) is 4.90 Å². The van der Waals surface area contributed by atoms with Gasteiger partial charge in [0.1, 0.15) is 0 Å². The lowest BCUT2D eigenvalue weighted by Gasteiger charge is -2.40. The van der Waals surface area contributed by atoms with Gasteiger partial charge in [-0.05, 0) is 48.9 Å². The van der Waals surface area contributed by atoms with Crippen molar-refractivity contribution in [2.75, 3.05) is 13.1 Å². The number of nitrogens with zero attached hydrogens (tertiary/aromatic N) is 1. The number of piperidine rings is 1. The molecule has 0 aromatic heterocycles. The Morgan fingerprint density at radius 1 is 1.11 bits per heavy atom. The molecule has 2 nitrogen and oxygen atoms in total. The van der Waals surface area contributed by atoms with Gasteiger partial charge in [-0.1, -0.05) is 38.1 Å². The van der Waals surface area contributed by atoms with E-state index in [2.05, 4.69) is 43.0 Å². The van der Waals surface area contributed by atoms with Gasteiger partial charge in [0.05, 0.1) is 0 Å². The number of fused-ring (bicyclic) bond motifs is 1. The van der Waals surface area contributed by atoms with Crippen molar-refractivity contribution in [3.8, 4) is 0 Å². The highest BCUT2D eigenvalue weighted by Gasteiger charge is 2.35. The molecule has 1 aromatic carbocycles. The first-order valence-electron chi connectivity index (χ1n) is 7.15. The van der Waals surface area contributed by atoms with Crippen LogP contribution in [-0.2, 0) is 0 Å². The van der Waals surface area contributed by atoms with Crippen molar-refractivity contribution in [3.63, 3.8) is 0 Å². The maximum atomic E-state index is 6.27. The summed E-state index contributed by atoms with van der Waals surface area (Å²) < 4.78 is 0. The molecule has 2 atom stereocenters. The Hall–Kier alpha value is -0.860. The largest absolute Gasteiger partial charge is 0.324 e. The zero-order chi connectivity index (χ0) is 12.8. The quantitative estimate of drug-likeness (QED) is 0.821. The van der Waals surface area contributed by atoms with Gasteiger partial charge >= 0.3 is 0 Å². The molecule has 18 heavy (non-hydrogen) atoms. The van der Waals surface area contributed by atoms with Crippen molar-refractivity contribution in [3.05, 3.63) is 35.4 Å². The van der Waals surface area contributed by atoms with Gasteiger partial charge < -0.3 is 5.73 Å². The molecular formula is C16H24N2. The first-order chi connectivity index (χ1) is 8.57. The average Bonchev–Trinajstić information content (AvgIpc) is 2.68. The van der Waals surface area contributed by atoms with E-state index in [4.69, 9.17) is 5.73 Å². The maximum absolute atomic E-state index is 6.27.